The maximum Gasteiger partial charge on any atom is 0.231 e. The monoisotopic (exact) mass is 293 g/mol. The zero-order valence-electron chi connectivity index (χ0n) is 12.7. The molecule has 21 heavy (non-hydrogen) atoms. The van der Waals surface area contributed by atoms with Crippen molar-refractivity contribution in [3.8, 4) is 0 Å². The molecule has 1 aromatic rings. The molecule has 0 radical (unpaired) electrons. The van der Waals surface area contributed by atoms with E-state index in [1.54, 1.807) is 12.1 Å². The molecule has 4 N–H and O–H groups in total. The van der Waals surface area contributed by atoms with Crippen LogP contribution in [0.3, 0.4) is 0 Å². The fraction of sp³-hybridized carbons (Fsp3) is 0.562. The van der Waals surface area contributed by atoms with Crippen molar-refractivity contribution in [3.63, 3.8) is 0 Å². The highest BCUT2D eigenvalue weighted by Gasteiger charge is 2.37. The number of nitrogens with zero attached hydrogens (tertiary/aromatic N) is 1. The molecule has 4 nitrogen and oxygen atoms in total. The van der Waals surface area contributed by atoms with Gasteiger partial charge in [0.15, 0.2) is 0 Å². The van der Waals surface area contributed by atoms with E-state index in [4.69, 9.17) is 11.5 Å². The molecule has 1 aromatic carbocycles. The van der Waals surface area contributed by atoms with E-state index >= 15 is 0 Å². The highest BCUT2D eigenvalue weighted by Crippen LogP contribution is 2.30. The normalized spacial score (nSPS) is 22.9. The van der Waals surface area contributed by atoms with E-state index in [0.717, 1.165) is 12.0 Å². The number of benzene rings is 1. The van der Waals surface area contributed by atoms with Gasteiger partial charge in [0.05, 0.1) is 5.92 Å². The average Bonchev–Trinajstić information content (AvgIpc) is 2.44. The van der Waals surface area contributed by atoms with Crippen LogP contribution in [0, 0.1) is 11.2 Å². The van der Waals surface area contributed by atoms with E-state index in [9.17, 15) is 9.18 Å². The Morgan fingerprint density at radius 2 is 2.05 bits per heavy atom. The second kappa shape index (κ2) is 6.12. The van der Waals surface area contributed by atoms with Crippen LogP contribution >= 0.6 is 0 Å². The van der Waals surface area contributed by atoms with Crippen LogP contribution in [0.5, 0.6) is 0 Å². The van der Waals surface area contributed by atoms with Crippen LogP contribution in [0.1, 0.15) is 31.7 Å². The molecule has 0 bridgehead atoms. The summed E-state index contributed by atoms with van der Waals surface area (Å²) in [5, 5.41) is 0. The highest BCUT2D eigenvalue weighted by molar-refractivity contribution is 5.84. The molecule has 1 amide bonds. The Bertz CT molecular complexity index is 501. The highest BCUT2D eigenvalue weighted by atomic mass is 19.1. The number of halogens is 1. The first-order chi connectivity index (χ1) is 9.85. The van der Waals surface area contributed by atoms with Gasteiger partial charge in [-0.1, -0.05) is 26.0 Å². The molecule has 116 valence electrons. The van der Waals surface area contributed by atoms with Gasteiger partial charge in [-0.2, -0.15) is 0 Å². The lowest BCUT2D eigenvalue weighted by Gasteiger charge is -2.43. The van der Waals surface area contributed by atoms with Crippen molar-refractivity contribution in [2.75, 3.05) is 19.6 Å². The zero-order chi connectivity index (χ0) is 15.6. The molecule has 0 aromatic heterocycles. The number of nitrogens with two attached hydrogens (primary N) is 2. The molecule has 2 rings (SSSR count). The van der Waals surface area contributed by atoms with Crippen LogP contribution < -0.4 is 11.5 Å². The van der Waals surface area contributed by atoms with Gasteiger partial charge in [0.25, 0.3) is 0 Å². The fourth-order valence-corrected chi connectivity index (χ4v) is 2.86. The van der Waals surface area contributed by atoms with Crippen LogP contribution in [0.25, 0.3) is 0 Å². The summed E-state index contributed by atoms with van der Waals surface area (Å²) in [7, 11) is 0. The van der Waals surface area contributed by atoms with Gasteiger partial charge in [0.1, 0.15) is 5.82 Å². The SMILES string of the molecule is CC1(C)CN(C(=O)C(CN)c2ccc(F)cc2)CCC1N. The maximum atomic E-state index is 13.0. The van der Waals surface area contributed by atoms with Gasteiger partial charge in [0.2, 0.25) is 5.91 Å². The Balaban J connectivity index is 2.15. The largest absolute Gasteiger partial charge is 0.341 e. The smallest absolute Gasteiger partial charge is 0.231 e. The van der Waals surface area contributed by atoms with Crippen LogP contribution in [0.15, 0.2) is 24.3 Å². The molecule has 1 aliphatic rings. The molecule has 1 saturated heterocycles. The minimum atomic E-state index is -0.421. The van der Waals surface area contributed by atoms with Gasteiger partial charge in [-0.15, -0.1) is 0 Å². The number of carbonyl (C=O) groups is 1. The van der Waals surface area contributed by atoms with Gasteiger partial charge in [-0.05, 0) is 29.5 Å². The summed E-state index contributed by atoms with van der Waals surface area (Å²) in [6.45, 7) is 5.65. The lowest BCUT2D eigenvalue weighted by Crippen LogP contribution is -2.55. The third-order valence-corrected chi connectivity index (χ3v) is 4.43. The minimum Gasteiger partial charge on any atom is -0.341 e. The predicted molar refractivity (Wildman–Crippen MR) is 81.1 cm³/mol. The number of amides is 1. The van der Waals surface area contributed by atoms with Gasteiger partial charge in [0, 0.05) is 25.7 Å². The van der Waals surface area contributed by atoms with Crippen molar-refractivity contribution in [3.05, 3.63) is 35.6 Å². The van der Waals surface area contributed by atoms with Crippen molar-refractivity contribution in [1.29, 1.82) is 0 Å². The predicted octanol–water partition coefficient (Wildman–Crippen LogP) is 1.45. The molecule has 5 heteroatoms. The Labute approximate surface area is 125 Å². The molecule has 2 unspecified atom stereocenters. The van der Waals surface area contributed by atoms with Crippen molar-refractivity contribution >= 4 is 5.91 Å². The van der Waals surface area contributed by atoms with Gasteiger partial charge < -0.3 is 16.4 Å². The first-order valence-electron chi connectivity index (χ1n) is 7.35. The standard InChI is InChI=1S/C16H24FN3O/c1-16(2)10-20(8-7-14(16)19)15(21)13(9-18)11-3-5-12(17)6-4-11/h3-6,13-14H,7-10,18-19H2,1-2H3. The molecule has 1 aliphatic heterocycles. The lowest BCUT2D eigenvalue weighted by atomic mass is 9.79. The van der Waals surface area contributed by atoms with E-state index < -0.39 is 5.92 Å². The molecule has 2 atom stereocenters. The molecule has 1 fully saturated rings. The Morgan fingerprint density at radius 3 is 2.57 bits per heavy atom. The van der Waals surface area contributed by atoms with Gasteiger partial charge in [-0.3, -0.25) is 4.79 Å². The summed E-state index contributed by atoms with van der Waals surface area (Å²) in [4.78, 5) is 14.6. The zero-order valence-corrected chi connectivity index (χ0v) is 12.7. The molecular formula is C16H24FN3O. The van der Waals surface area contributed by atoms with Crippen LogP contribution in [0.4, 0.5) is 4.39 Å². The molecule has 0 saturated carbocycles. The number of hydrogen-bond acceptors (Lipinski definition) is 3. The van der Waals surface area contributed by atoms with Crippen LogP contribution in [-0.2, 0) is 4.79 Å². The summed E-state index contributed by atoms with van der Waals surface area (Å²) in [6, 6.07) is 6.09. The first-order valence-corrected chi connectivity index (χ1v) is 7.35. The van der Waals surface area contributed by atoms with E-state index in [1.807, 2.05) is 4.90 Å². The van der Waals surface area contributed by atoms with E-state index in [0.29, 0.717) is 13.1 Å². The summed E-state index contributed by atoms with van der Waals surface area (Å²) in [5.41, 5.74) is 12.5. The number of rotatable bonds is 3. The Kier molecular flexibility index (Phi) is 4.64. The fourth-order valence-electron chi connectivity index (χ4n) is 2.86. The van der Waals surface area contributed by atoms with Crippen molar-refractivity contribution in [1.82, 2.24) is 4.90 Å². The quantitative estimate of drug-likeness (QED) is 0.886. The second-order valence-electron chi connectivity index (χ2n) is 6.48. The molecule has 0 aliphatic carbocycles. The molecule has 1 heterocycles. The third kappa shape index (κ3) is 3.41. The summed E-state index contributed by atoms with van der Waals surface area (Å²) < 4.78 is 13.0. The van der Waals surface area contributed by atoms with Gasteiger partial charge >= 0.3 is 0 Å². The maximum absolute atomic E-state index is 13.0. The van der Waals surface area contributed by atoms with E-state index in [-0.39, 0.29) is 29.7 Å². The first kappa shape index (κ1) is 15.9. The summed E-state index contributed by atoms with van der Waals surface area (Å²) in [5.74, 6) is -0.730. The van der Waals surface area contributed by atoms with E-state index in [2.05, 4.69) is 13.8 Å². The van der Waals surface area contributed by atoms with Gasteiger partial charge in [-0.25, -0.2) is 4.39 Å². The minimum absolute atomic E-state index is 0.00378. The van der Waals surface area contributed by atoms with Crippen LogP contribution in [-0.4, -0.2) is 36.5 Å². The molecular weight excluding hydrogens is 269 g/mol. The third-order valence-electron chi connectivity index (χ3n) is 4.43. The second-order valence-corrected chi connectivity index (χ2v) is 6.48. The number of hydrogen-bond donors (Lipinski definition) is 2. The van der Waals surface area contributed by atoms with Crippen molar-refractivity contribution < 1.29 is 9.18 Å². The van der Waals surface area contributed by atoms with Crippen LogP contribution in [0.2, 0.25) is 0 Å². The van der Waals surface area contributed by atoms with E-state index in [1.165, 1.54) is 12.1 Å². The Morgan fingerprint density at radius 1 is 1.43 bits per heavy atom. The topological polar surface area (TPSA) is 72.3 Å². The molecule has 0 spiro atoms. The number of piperidine rings is 1. The summed E-state index contributed by atoms with van der Waals surface area (Å²) >= 11 is 0. The van der Waals surface area contributed by atoms with Crippen molar-refractivity contribution in [2.45, 2.75) is 32.2 Å². The van der Waals surface area contributed by atoms with Crippen molar-refractivity contribution in [2.24, 2.45) is 16.9 Å². The number of likely N-dealkylation sites (tertiary alicyclic amines) is 1. The average molecular weight is 293 g/mol. The number of carbonyl (C=O) groups excluding carboxylic acids is 1. The Hall–Kier alpha value is -1.46. The lowest BCUT2D eigenvalue weighted by molar-refractivity contribution is -0.136. The summed E-state index contributed by atoms with van der Waals surface area (Å²) in [6.07, 6.45) is 0.791.